The number of methoxy groups -OCH3 is 1. The Balaban J connectivity index is 1.70. The van der Waals surface area contributed by atoms with Gasteiger partial charge >= 0.3 is 5.97 Å². The van der Waals surface area contributed by atoms with Crippen LogP contribution in [-0.2, 0) is 22.5 Å². The van der Waals surface area contributed by atoms with Gasteiger partial charge in [-0.1, -0.05) is 12.8 Å². The molecule has 0 aromatic carbocycles. The van der Waals surface area contributed by atoms with E-state index in [2.05, 4.69) is 16.1 Å². The van der Waals surface area contributed by atoms with Crippen LogP contribution in [-0.4, -0.2) is 19.6 Å². The average molecular weight is 267 g/mol. The summed E-state index contributed by atoms with van der Waals surface area (Å²) in [5.41, 5.74) is 0. The molecule has 1 saturated carbocycles. The Labute approximate surface area is 113 Å². The molecule has 1 aromatic rings. The van der Waals surface area contributed by atoms with E-state index in [1.165, 1.54) is 37.7 Å². The minimum Gasteiger partial charge on any atom is -0.469 e. The van der Waals surface area contributed by atoms with Gasteiger partial charge in [-0.05, 0) is 37.4 Å². The molecule has 4 heteroatoms. The predicted octanol–water partition coefficient (Wildman–Crippen LogP) is 2.74. The highest BCUT2D eigenvalue weighted by Crippen LogP contribution is 2.24. The molecule has 1 aliphatic carbocycles. The number of hydrogen-bond donors (Lipinski definition) is 1. The van der Waals surface area contributed by atoms with Crippen LogP contribution in [0.25, 0.3) is 0 Å². The fourth-order valence-corrected chi connectivity index (χ4v) is 3.41. The topological polar surface area (TPSA) is 38.3 Å². The lowest BCUT2D eigenvalue weighted by atomic mass is 10.1. The molecule has 18 heavy (non-hydrogen) atoms. The smallest absolute Gasteiger partial charge is 0.310 e. The zero-order valence-electron chi connectivity index (χ0n) is 10.9. The van der Waals surface area contributed by atoms with E-state index in [9.17, 15) is 4.79 Å². The van der Waals surface area contributed by atoms with Gasteiger partial charge in [0, 0.05) is 16.3 Å². The Kier molecular flexibility index (Phi) is 5.20. The first kappa shape index (κ1) is 13.6. The highest BCUT2D eigenvalue weighted by Gasteiger charge is 2.14. The maximum atomic E-state index is 11.1. The second-order valence-corrected chi connectivity index (χ2v) is 6.16. The maximum Gasteiger partial charge on any atom is 0.310 e. The molecular formula is C14H21NO2S. The van der Waals surface area contributed by atoms with Crippen molar-refractivity contribution >= 4 is 17.3 Å². The lowest BCUT2D eigenvalue weighted by Crippen LogP contribution is -2.20. The number of nitrogens with one attached hydrogen (secondary N) is 1. The summed E-state index contributed by atoms with van der Waals surface area (Å²) < 4.78 is 4.66. The average Bonchev–Trinajstić information content (AvgIpc) is 3.01. The zero-order valence-corrected chi connectivity index (χ0v) is 11.7. The van der Waals surface area contributed by atoms with Crippen LogP contribution in [0, 0.1) is 5.92 Å². The van der Waals surface area contributed by atoms with Gasteiger partial charge in [-0.25, -0.2) is 0 Å². The fraction of sp³-hybridized carbons (Fsp3) is 0.643. The van der Waals surface area contributed by atoms with Crippen LogP contribution in [0.1, 0.15) is 35.4 Å². The lowest BCUT2D eigenvalue weighted by Gasteiger charge is -2.09. The van der Waals surface area contributed by atoms with Crippen molar-refractivity contribution in [1.29, 1.82) is 0 Å². The normalized spacial score (nSPS) is 16.1. The second kappa shape index (κ2) is 6.90. The van der Waals surface area contributed by atoms with Gasteiger partial charge in [0.05, 0.1) is 13.5 Å². The summed E-state index contributed by atoms with van der Waals surface area (Å²) in [4.78, 5) is 13.5. The van der Waals surface area contributed by atoms with Crippen molar-refractivity contribution in [1.82, 2.24) is 5.32 Å². The van der Waals surface area contributed by atoms with Gasteiger partial charge in [-0.3, -0.25) is 4.79 Å². The minimum atomic E-state index is -0.165. The molecule has 100 valence electrons. The summed E-state index contributed by atoms with van der Waals surface area (Å²) in [6.45, 7) is 2.05. The van der Waals surface area contributed by atoms with Crippen molar-refractivity contribution in [3.8, 4) is 0 Å². The number of hydrogen-bond acceptors (Lipinski definition) is 4. The molecule has 0 amide bonds. The van der Waals surface area contributed by atoms with Gasteiger partial charge in [-0.15, -0.1) is 11.3 Å². The first-order chi connectivity index (χ1) is 8.78. The van der Waals surface area contributed by atoms with E-state index in [0.29, 0.717) is 6.42 Å². The Morgan fingerprint density at radius 1 is 1.39 bits per heavy atom. The Morgan fingerprint density at radius 2 is 2.11 bits per heavy atom. The van der Waals surface area contributed by atoms with E-state index >= 15 is 0 Å². The molecule has 1 N–H and O–H groups in total. The molecule has 0 unspecified atom stereocenters. The fourth-order valence-electron chi connectivity index (χ4n) is 2.44. The van der Waals surface area contributed by atoms with E-state index in [-0.39, 0.29) is 5.97 Å². The Hall–Kier alpha value is -0.870. The Morgan fingerprint density at radius 3 is 2.83 bits per heavy atom. The molecule has 3 nitrogen and oxygen atoms in total. The van der Waals surface area contributed by atoms with Gasteiger partial charge in [0.15, 0.2) is 0 Å². The zero-order chi connectivity index (χ0) is 12.8. The minimum absolute atomic E-state index is 0.165. The van der Waals surface area contributed by atoms with E-state index in [0.717, 1.165) is 23.9 Å². The highest BCUT2D eigenvalue weighted by atomic mass is 32.1. The van der Waals surface area contributed by atoms with Crippen LogP contribution in [0.15, 0.2) is 12.1 Å². The van der Waals surface area contributed by atoms with Gasteiger partial charge in [-0.2, -0.15) is 0 Å². The van der Waals surface area contributed by atoms with Crippen molar-refractivity contribution < 1.29 is 9.53 Å². The van der Waals surface area contributed by atoms with Crippen molar-refractivity contribution in [3.63, 3.8) is 0 Å². The summed E-state index contributed by atoms with van der Waals surface area (Å²) in [5.74, 6) is 0.710. The van der Waals surface area contributed by atoms with Crippen LogP contribution in [0.2, 0.25) is 0 Å². The number of ether oxygens (including phenoxy) is 1. The van der Waals surface area contributed by atoms with Gasteiger partial charge < -0.3 is 10.1 Å². The SMILES string of the molecule is COC(=O)Cc1ccc(CNCC2CCCC2)s1. The van der Waals surface area contributed by atoms with Crippen LogP contribution < -0.4 is 5.32 Å². The summed E-state index contributed by atoms with van der Waals surface area (Å²) in [7, 11) is 1.43. The van der Waals surface area contributed by atoms with E-state index in [1.54, 1.807) is 11.3 Å². The maximum absolute atomic E-state index is 11.1. The Bertz CT molecular complexity index is 383. The first-order valence-electron chi connectivity index (χ1n) is 6.63. The summed E-state index contributed by atoms with van der Waals surface area (Å²) in [5, 5.41) is 3.52. The van der Waals surface area contributed by atoms with E-state index in [4.69, 9.17) is 0 Å². The lowest BCUT2D eigenvalue weighted by molar-refractivity contribution is -0.139. The molecule has 1 fully saturated rings. The highest BCUT2D eigenvalue weighted by molar-refractivity contribution is 7.12. The molecule has 0 radical (unpaired) electrons. The van der Waals surface area contributed by atoms with Crippen molar-refractivity contribution in [3.05, 3.63) is 21.9 Å². The predicted molar refractivity (Wildman–Crippen MR) is 73.7 cm³/mol. The van der Waals surface area contributed by atoms with E-state index < -0.39 is 0 Å². The molecule has 0 bridgehead atoms. The third-order valence-electron chi connectivity index (χ3n) is 3.47. The summed E-state index contributed by atoms with van der Waals surface area (Å²) in [6.07, 6.45) is 5.95. The second-order valence-electron chi connectivity index (χ2n) is 4.90. The van der Waals surface area contributed by atoms with Crippen molar-refractivity contribution in [2.24, 2.45) is 5.92 Å². The van der Waals surface area contributed by atoms with Crippen LogP contribution >= 0.6 is 11.3 Å². The van der Waals surface area contributed by atoms with Crippen molar-refractivity contribution in [2.45, 2.75) is 38.6 Å². The quantitative estimate of drug-likeness (QED) is 0.805. The van der Waals surface area contributed by atoms with Gasteiger partial charge in [0.1, 0.15) is 0 Å². The largest absolute Gasteiger partial charge is 0.469 e. The number of esters is 1. The first-order valence-corrected chi connectivity index (χ1v) is 7.44. The number of rotatable bonds is 6. The molecule has 1 aromatic heterocycles. The molecule has 0 saturated heterocycles. The molecule has 0 aliphatic heterocycles. The molecular weight excluding hydrogens is 246 g/mol. The standard InChI is InChI=1S/C14H21NO2S/c1-17-14(16)8-12-6-7-13(18-12)10-15-9-11-4-2-3-5-11/h6-7,11,15H,2-5,8-10H2,1H3. The molecule has 0 spiro atoms. The summed E-state index contributed by atoms with van der Waals surface area (Å²) in [6, 6.07) is 4.12. The number of carbonyl (C=O) groups excluding carboxylic acids is 1. The monoisotopic (exact) mass is 267 g/mol. The van der Waals surface area contributed by atoms with Crippen LogP contribution in [0.4, 0.5) is 0 Å². The molecule has 0 atom stereocenters. The van der Waals surface area contributed by atoms with Gasteiger partial charge in [0.2, 0.25) is 0 Å². The van der Waals surface area contributed by atoms with E-state index in [1.807, 2.05) is 6.07 Å². The van der Waals surface area contributed by atoms with Crippen LogP contribution in [0.3, 0.4) is 0 Å². The third kappa shape index (κ3) is 4.10. The molecule has 1 aliphatic rings. The number of thiophene rings is 1. The molecule has 1 heterocycles. The van der Waals surface area contributed by atoms with Gasteiger partial charge in [0.25, 0.3) is 0 Å². The van der Waals surface area contributed by atoms with Crippen LogP contribution in [0.5, 0.6) is 0 Å². The molecule has 2 rings (SSSR count). The number of carbonyl (C=O) groups is 1. The third-order valence-corrected chi connectivity index (χ3v) is 4.56. The summed E-state index contributed by atoms with van der Waals surface area (Å²) >= 11 is 1.70. The van der Waals surface area contributed by atoms with Crippen molar-refractivity contribution in [2.75, 3.05) is 13.7 Å².